The lowest BCUT2D eigenvalue weighted by Gasteiger charge is -2.10. The molecule has 0 fully saturated rings. The first-order valence-corrected chi connectivity index (χ1v) is 4.76. The van der Waals surface area contributed by atoms with E-state index in [1.807, 2.05) is 19.1 Å². The lowest BCUT2D eigenvalue weighted by Crippen LogP contribution is -2.09. The average molecular weight is 244 g/mol. The molecule has 1 aromatic rings. The smallest absolute Gasteiger partial charge is 0.409 e. The summed E-state index contributed by atoms with van der Waals surface area (Å²) >= 11 is 3.39. The molecule has 0 spiro atoms. The van der Waals surface area contributed by atoms with Gasteiger partial charge in [-0.3, -0.25) is 5.32 Å². The Morgan fingerprint density at radius 2 is 2.15 bits per heavy atom. The fourth-order valence-corrected chi connectivity index (χ4v) is 1.47. The van der Waals surface area contributed by atoms with Crippen LogP contribution in [0.4, 0.5) is 10.5 Å². The van der Waals surface area contributed by atoms with E-state index in [4.69, 9.17) is 5.11 Å². The number of alkyl halides is 1. The molecule has 4 heteroatoms. The summed E-state index contributed by atoms with van der Waals surface area (Å²) in [5.74, 6) is 0. The third-order valence-electron chi connectivity index (χ3n) is 1.63. The Morgan fingerprint density at radius 1 is 1.54 bits per heavy atom. The molecule has 0 saturated carbocycles. The maximum absolute atomic E-state index is 10.4. The van der Waals surface area contributed by atoms with E-state index in [2.05, 4.69) is 21.2 Å². The molecule has 70 valence electrons. The van der Waals surface area contributed by atoms with Gasteiger partial charge in [-0.1, -0.05) is 34.1 Å². The number of anilines is 1. The predicted octanol–water partition coefficient (Wildman–Crippen LogP) is 3.23. The molecule has 0 saturated heterocycles. The highest BCUT2D eigenvalue weighted by Crippen LogP contribution is 2.28. The van der Waals surface area contributed by atoms with Crippen molar-refractivity contribution in [2.45, 2.75) is 11.8 Å². The number of para-hydroxylation sites is 1. The van der Waals surface area contributed by atoms with E-state index in [0.29, 0.717) is 5.69 Å². The molecule has 13 heavy (non-hydrogen) atoms. The van der Waals surface area contributed by atoms with Gasteiger partial charge in [0.2, 0.25) is 0 Å². The Hall–Kier alpha value is -1.03. The minimum atomic E-state index is -1.04. The largest absolute Gasteiger partial charge is 0.465 e. The molecule has 0 aliphatic rings. The van der Waals surface area contributed by atoms with E-state index in [0.717, 1.165) is 5.56 Å². The van der Waals surface area contributed by atoms with Crippen LogP contribution in [-0.2, 0) is 0 Å². The Labute approximate surface area is 84.9 Å². The van der Waals surface area contributed by atoms with Crippen molar-refractivity contribution in [3.8, 4) is 0 Å². The molecular weight excluding hydrogens is 234 g/mol. The number of hydrogen-bond donors (Lipinski definition) is 2. The second-order valence-corrected chi connectivity index (χ2v) is 4.01. The van der Waals surface area contributed by atoms with E-state index in [1.165, 1.54) is 0 Å². The SMILES string of the molecule is CC(Br)c1ccccc1NC(=O)O. The summed E-state index contributed by atoms with van der Waals surface area (Å²) in [4.78, 5) is 10.6. The van der Waals surface area contributed by atoms with Gasteiger partial charge in [0, 0.05) is 10.5 Å². The van der Waals surface area contributed by atoms with Gasteiger partial charge >= 0.3 is 6.09 Å². The zero-order valence-corrected chi connectivity index (χ0v) is 8.71. The van der Waals surface area contributed by atoms with Crippen molar-refractivity contribution in [1.29, 1.82) is 0 Å². The number of amides is 1. The highest BCUT2D eigenvalue weighted by molar-refractivity contribution is 9.09. The quantitative estimate of drug-likeness (QED) is 0.784. The summed E-state index contributed by atoms with van der Waals surface area (Å²) in [7, 11) is 0. The fourth-order valence-electron chi connectivity index (χ4n) is 1.07. The summed E-state index contributed by atoms with van der Waals surface area (Å²) in [5.41, 5.74) is 1.56. The lowest BCUT2D eigenvalue weighted by molar-refractivity contribution is 0.209. The topological polar surface area (TPSA) is 49.3 Å². The van der Waals surface area contributed by atoms with Crippen molar-refractivity contribution >= 4 is 27.7 Å². The second kappa shape index (κ2) is 4.28. The van der Waals surface area contributed by atoms with Crippen molar-refractivity contribution in [1.82, 2.24) is 0 Å². The van der Waals surface area contributed by atoms with Gasteiger partial charge in [-0.2, -0.15) is 0 Å². The summed E-state index contributed by atoms with van der Waals surface area (Å²) in [6, 6.07) is 7.29. The van der Waals surface area contributed by atoms with Gasteiger partial charge in [-0.25, -0.2) is 4.79 Å². The van der Waals surface area contributed by atoms with Gasteiger partial charge in [-0.05, 0) is 18.6 Å². The summed E-state index contributed by atoms with van der Waals surface area (Å²) in [6.45, 7) is 1.95. The fraction of sp³-hybridized carbons (Fsp3) is 0.222. The van der Waals surface area contributed by atoms with Crippen LogP contribution in [-0.4, -0.2) is 11.2 Å². The van der Waals surface area contributed by atoms with Crippen molar-refractivity contribution in [3.63, 3.8) is 0 Å². The van der Waals surface area contributed by atoms with E-state index in [1.54, 1.807) is 12.1 Å². The van der Waals surface area contributed by atoms with Gasteiger partial charge in [0.1, 0.15) is 0 Å². The first-order valence-electron chi connectivity index (χ1n) is 3.84. The van der Waals surface area contributed by atoms with Gasteiger partial charge in [-0.15, -0.1) is 0 Å². The van der Waals surface area contributed by atoms with Gasteiger partial charge in [0.25, 0.3) is 0 Å². The van der Waals surface area contributed by atoms with Crippen LogP contribution < -0.4 is 5.32 Å². The maximum Gasteiger partial charge on any atom is 0.409 e. The molecule has 0 aliphatic carbocycles. The van der Waals surface area contributed by atoms with Crippen LogP contribution in [0.15, 0.2) is 24.3 Å². The lowest BCUT2D eigenvalue weighted by atomic mass is 10.1. The Balaban J connectivity index is 2.97. The number of carbonyl (C=O) groups is 1. The van der Waals surface area contributed by atoms with Crippen molar-refractivity contribution < 1.29 is 9.90 Å². The van der Waals surface area contributed by atoms with Crippen molar-refractivity contribution in [3.05, 3.63) is 29.8 Å². The molecule has 1 amide bonds. The molecule has 1 unspecified atom stereocenters. The number of carboxylic acid groups (broad SMARTS) is 1. The molecule has 3 nitrogen and oxygen atoms in total. The highest BCUT2D eigenvalue weighted by Gasteiger charge is 2.07. The zero-order valence-electron chi connectivity index (χ0n) is 7.12. The highest BCUT2D eigenvalue weighted by atomic mass is 79.9. The third kappa shape index (κ3) is 2.73. The molecule has 0 aliphatic heterocycles. The van der Waals surface area contributed by atoms with Crippen LogP contribution in [0.3, 0.4) is 0 Å². The van der Waals surface area contributed by atoms with Crippen LogP contribution in [0.2, 0.25) is 0 Å². The molecule has 1 atom stereocenters. The normalized spacial score (nSPS) is 12.2. The maximum atomic E-state index is 10.4. The number of halogens is 1. The Bertz CT molecular complexity index is 312. The number of rotatable bonds is 2. The van der Waals surface area contributed by atoms with Crippen molar-refractivity contribution in [2.75, 3.05) is 5.32 Å². The van der Waals surface area contributed by atoms with Gasteiger partial charge in [0.15, 0.2) is 0 Å². The van der Waals surface area contributed by atoms with Gasteiger partial charge in [0.05, 0.1) is 0 Å². The van der Waals surface area contributed by atoms with Crippen LogP contribution in [0.1, 0.15) is 17.3 Å². The van der Waals surface area contributed by atoms with Gasteiger partial charge < -0.3 is 5.11 Å². The van der Waals surface area contributed by atoms with E-state index < -0.39 is 6.09 Å². The van der Waals surface area contributed by atoms with E-state index in [-0.39, 0.29) is 4.83 Å². The standard InChI is InChI=1S/C9H10BrNO2/c1-6(10)7-4-2-3-5-8(7)11-9(12)13/h2-6,11H,1H3,(H,12,13). The zero-order chi connectivity index (χ0) is 9.84. The average Bonchev–Trinajstić information content (AvgIpc) is 2.03. The minimum absolute atomic E-state index is 0.135. The first kappa shape index (κ1) is 10.1. The summed E-state index contributed by atoms with van der Waals surface area (Å²) in [6.07, 6.45) is -1.04. The molecule has 2 N–H and O–H groups in total. The summed E-state index contributed by atoms with van der Waals surface area (Å²) < 4.78 is 0. The third-order valence-corrected chi connectivity index (χ3v) is 2.12. The van der Waals surface area contributed by atoms with Crippen LogP contribution in [0.5, 0.6) is 0 Å². The minimum Gasteiger partial charge on any atom is -0.465 e. The molecule has 0 heterocycles. The molecular formula is C9H10BrNO2. The molecule has 0 radical (unpaired) electrons. The number of benzene rings is 1. The molecule has 1 aromatic carbocycles. The molecule has 1 rings (SSSR count). The number of nitrogens with one attached hydrogen (secondary N) is 1. The number of hydrogen-bond acceptors (Lipinski definition) is 1. The second-order valence-electron chi connectivity index (χ2n) is 2.63. The van der Waals surface area contributed by atoms with Crippen LogP contribution >= 0.6 is 15.9 Å². The van der Waals surface area contributed by atoms with Crippen molar-refractivity contribution in [2.24, 2.45) is 0 Å². The van der Waals surface area contributed by atoms with Crippen LogP contribution in [0.25, 0.3) is 0 Å². The Kier molecular flexibility index (Phi) is 3.31. The van der Waals surface area contributed by atoms with E-state index >= 15 is 0 Å². The molecule has 0 bridgehead atoms. The molecule has 0 aromatic heterocycles. The monoisotopic (exact) mass is 243 g/mol. The predicted molar refractivity (Wildman–Crippen MR) is 55.4 cm³/mol. The van der Waals surface area contributed by atoms with E-state index in [9.17, 15) is 4.79 Å². The Morgan fingerprint density at radius 3 is 2.69 bits per heavy atom. The first-order chi connectivity index (χ1) is 6.11. The van der Waals surface area contributed by atoms with Crippen LogP contribution in [0, 0.1) is 0 Å². The summed E-state index contributed by atoms with van der Waals surface area (Å²) in [5, 5.41) is 10.9.